The molecule has 1 aliphatic rings. The monoisotopic (exact) mass is 367 g/mol. The maximum atomic E-state index is 12.1. The number of alkyl carbamates (subject to hydrolysis) is 1. The lowest BCUT2D eigenvalue weighted by Crippen LogP contribution is -2.38. The van der Waals surface area contributed by atoms with Gasteiger partial charge in [0.25, 0.3) is 0 Å². The summed E-state index contributed by atoms with van der Waals surface area (Å²) in [4.78, 5) is 25.6. The topological polar surface area (TPSA) is 70.7 Å². The van der Waals surface area contributed by atoms with Crippen LogP contribution in [0.5, 0.6) is 0 Å². The molecule has 2 N–H and O–H groups in total. The summed E-state index contributed by atoms with van der Waals surface area (Å²) in [5.74, 6) is -0.0944. The second-order valence-electron chi connectivity index (χ2n) is 6.02. The van der Waals surface area contributed by atoms with Gasteiger partial charge in [0.1, 0.15) is 0 Å². The Balaban J connectivity index is 1.85. The number of likely N-dealkylation sites (tertiary alicyclic amines) is 1. The normalized spacial score (nSPS) is 15.6. The first kappa shape index (κ1) is 19.5. The van der Waals surface area contributed by atoms with Crippen LogP contribution >= 0.6 is 11.6 Å². The Labute approximate surface area is 153 Å². The second-order valence-corrected chi connectivity index (χ2v) is 6.45. The highest BCUT2D eigenvalue weighted by molar-refractivity contribution is 6.30. The van der Waals surface area contributed by atoms with Gasteiger partial charge < -0.3 is 15.4 Å². The van der Waals surface area contributed by atoms with Crippen molar-refractivity contribution in [1.29, 1.82) is 0 Å². The molecule has 1 aromatic rings. The van der Waals surface area contributed by atoms with Crippen LogP contribution in [0.25, 0.3) is 0 Å². The molecule has 1 fully saturated rings. The lowest BCUT2D eigenvalue weighted by molar-refractivity contribution is -0.121. The van der Waals surface area contributed by atoms with Crippen molar-refractivity contribution in [2.45, 2.75) is 32.2 Å². The van der Waals surface area contributed by atoms with E-state index in [1.807, 2.05) is 24.3 Å². The first-order chi connectivity index (χ1) is 12.1. The van der Waals surface area contributed by atoms with Gasteiger partial charge in [-0.15, -0.1) is 0 Å². The molecular weight excluding hydrogens is 342 g/mol. The van der Waals surface area contributed by atoms with E-state index in [0.29, 0.717) is 18.2 Å². The molecule has 0 bridgehead atoms. The van der Waals surface area contributed by atoms with Crippen molar-refractivity contribution in [3.05, 3.63) is 34.9 Å². The van der Waals surface area contributed by atoms with Crippen molar-refractivity contribution in [3.8, 4) is 0 Å². The standard InChI is InChI=1S/C18H26ClN3O3/c1-2-25-18(24)20-9-8-17(23)21-13-16(22-10-3-4-11-22)14-6-5-7-15(19)12-14/h5-7,12,16H,2-4,8-11,13H2,1H3,(H,20,24)(H,21,23). The third kappa shape index (κ3) is 6.55. The van der Waals surface area contributed by atoms with E-state index in [4.69, 9.17) is 16.3 Å². The highest BCUT2D eigenvalue weighted by Crippen LogP contribution is 2.26. The number of hydrogen-bond donors (Lipinski definition) is 2. The van der Waals surface area contributed by atoms with E-state index < -0.39 is 6.09 Å². The van der Waals surface area contributed by atoms with Gasteiger partial charge in [0, 0.05) is 24.5 Å². The van der Waals surface area contributed by atoms with Crippen LogP contribution < -0.4 is 10.6 Å². The van der Waals surface area contributed by atoms with Crippen molar-refractivity contribution < 1.29 is 14.3 Å². The number of amides is 2. The van der Waals surface area contributed by atoms with Crippen LogP contribution in [-0.2, 0) is 9.53 Å². The third-order valence-corrected chi connectivity index (χ3v) is 4.44. The Morgan fingerprint density at radius 2 is 2.04 bits per heavy atom. The zero-order valence-corrected chi connectivity index (χ0v) is 15.3. The maximum Gasteiger partial charge on any atom is 0.407 e. The molecule has 0 aromatic heterocycles. The first-order valence-corrected chi connectivity index (χ1v) is 9.14. The third-order valence-electron chi connectivity index (χ3n) is 4.20. The minimum Gasteiger partial charge on any atom is -0.450 e. The fourth-order valence-electron chi connectivity index (χ4n) is 2.98. The van der Waals surface area contributed by atoms with Crippen LogP contribution in [0, 0.1) is 0 Å². The van der Waals surface area contributed by atoms with Gasteiger partial charge in [0.2, 0.25) is 5.91 Å². The number of carbonyl (C=O) groups excluding carboxylic acids is 2. The molecule has 1 aromatic carbocycles. The van der Waals surface area contributed by atoms with Crippen LogP contribution in [-0.4, -0.2) is 49.7 Å². The van der Waals surface area contributed by atoms with Crippen molar-refractivity contribution >= 4 is 23.6 Å². The molecule has 25 heavy (non-hydrogen) atoms. The highest BCUT2D eigenvalue weighted by atomic mass is 35.5. The molecule has 2 rings (SSSR count). The molecule has 7 heteroatoms. The minimum absolute atomic E-state index is 0.0944. The average molecular weight is 368 g/mol. The van der Waals surface area contributed by atoms with Gasteiger partial charge in [0.05, 0.1) is 12.6 Å². The molecular formula is C18H26ClN3O3. The summed E-state index contributed by atoms with van der Waals surface area (Å²) in [6.07, 6.45) is 2.08. The van der Waals surface area contributed by atoms with Crippen molar-refractivity contribution in [1.82, 2.24) is 15.5 Å². The van der Waals surface area contributed by atoms with Gasteiger partial charge >= 0.3 is 6.09 Å². The number of halogens is 1. The fourth-order valence-corrected chi connectivity index (χ4v) is 3.18. The van der Waals surface area contributed by atoms with E-state index in [0.717, 1.165) is 18.7 Å². The SMILES string of the molecule is CCOC(=O)NCCC(=O)NCC(c1cccc(Cl)c1)N1CCCC1. The van der Waals surface area contributed by atoms with E-state index >= 15 is 0 Å². The van der Waals surface area contributed by atoms with E-state index in [1.54, 1.807) is 6.92 Å². The van der Waals surface area contributed by atoms with Crippen molar-refractivity contribution in [2.75, 3.05) is 32.8 Å². The summed E-state index contributed by atoms with van der Waals surface area (Å²) >= 11 is 6.12. The van der Waals surface area contributed by atoms with Gasteiger partial charge in [-0.1, -0.05) is 23.7 Å². The average Bonchev–Trinajstić information content (AvgIpc) is 3.10. The van der Waals surface area contributed by atoms with Crippen LogP contribution in [0.4, 0.5) is 4.79 Å². The fraction of sp³-hybridized carbons (Fsp3) is 0.556. The van der Waals surface area contributed by atoms with Crippen molar-refractivity contribution in [3.63, 3.8) is 0 Å². The maximum absolute atomic E-state index is 12.1. The Bertz CT molecular complexity index is 576. The molecule has 2 amide bonds. The first-order valence-electron chi connectivity index (χ1n) is 8.77. The number of hydrogen-bond acceptors (Lipinski definition) is 4. The zero-order valence-electron chi connectivity index (χ0n) is 14.6. The molecule has 1 unspecified atom stereocenters. The Hall–Kier alpha value is -1.79. The van der Waals surface area contributed by atoms with Crippen LogP contribution in [0.1, 0.15) is 37.8 Å². The van der Waals surface area contributed by atoms with E-state index in [-0.39, 0.29) is 24.9 Å². The number of benzene rings is 1. The second kappa shape index (κ2) is 10.3. The molecule has 1 aliphatic heterocycles. The van der Waals surface area contributed by atoms with Gasteiger partial charge in [-0.05, 0) is 50.6 Å². The lowest BCUT2D eigenvalue weighted by Gasteiger charge is -2.28. The summed E-state index contributed by atoms with van der Waals surface area (Å²) in [6, 6.07) is 7.91. The Morgan fingerprint density at radius 1 is 1.28 bits per heavy atom. The molecule has 138 valence electrons. The van der Waals surface area contributed by atoms with E-state index in [2.05, 4.69) is 15.5 Å². The Kier molecular flexibility index (Phi) is 8.01. The van der Waals surface area contributed by atoms with Gasteiger partial charge in [-0.2, -0.15) is 0 Å². The molecule has 1 atom stereocenters. The van der Waals surface area contributed by atoms with E-state index in [9.17, 15) is 9.59 Å². The summed E-state index contributed by atoms with van der Waals surface area (Å²) in [5.41, 5.74) is 1.11. The van der Waals surface area contributed by atoms with E-state index in [1.165, 1.54) is 12.8 Å². The lowest BCUT2D eigenvalue weighted by atomic mass is 10.1. The zero-order chi connectivity index (χ0) is 18.1. The van der Waals surface area contributed by atoms with Crippen LogP contribution in [0.3, 0.4) is 0 Å². The quantitative estimate of drug-likeness (QED) is 0.741. The van der Waals surface area contributed by atoms with Gasteiger partial charge in [0.15, 0.2) is 0 Å². The van der Waals surface area contributed by atoms with Crippen LogP contribution in [0.15, 0.2) is 24.3 Å². The molecule has 0 radical (unpaired) electrons. The number of ether oxygens (including phenoxy) is 1. The summed E-state index contributed by atoms with van der Waals surface area (Å²) < 4.78 is 4.76. The van der Waals surface area contributed by atoms with Crippen LogP contribution in [0.2, 0.25) is 5.02 Å². The van der Waals surface area contributed by atoms with Gasteiger partial charge in [-0.25, -0.2) is 4.79 Å². The Morgan fingerprint density at radius 3 is 2.72 bits per heavy atom. The number of carbonyl (C=O) groups is 2. The molecule has 0 spiro atoms. The summed E-state index contributed by atoms with van der Waals surface area (Å²) in [6.45, 7) is 4.89. The largest absolute Gasteiger partial charge is 0.450 e. The molecule has 0 saturated carbocycles. The molecule has 0 aliphatic carbocycles. The van der Waals surface area contributed by atoms with Gasteiger partial charge in [-0.3, -0.25) is 9.69 Å². The van der Waals surface area contributed by atoms with Crippen molar-refractivity contribution in [2.24, 2.45) is 0 Å². The molecule has 1 saturated heterocycles. The predicted molar refractivity (Wildman–Crippen MR) is 97.7 cm³/mol. The number of nitrogens with one attached hydrogen (secondary N) is 2. The summed E-state index contributed by atoms with van der Waals surface area (Å²) in [7, 11) is 0. The molecule has 1 heterocycles. The number of rotatable bonds is 8. The summed E-state index contributed by atoms with van der Waals surface area (Å²) in [5, 5.41) is 6.21. The predicted octanol–water partition coefficient (Wildman–Crippen LogP) is 2.73. The smallest absolute Gasteiger partial charge is 0.407 e. The molecule has 6 nitrogen and oxygen atoms in total. The highest BCUT2D eigenvalue weighted by Gasteiger charge is 2.24. The number of nitrogens with zero attached hydrogens (tertiary/aromatic N) is 1. The minimum atomic E-state index is -0.496.